The Hall–Kier alpha value is -8.23. The average molecular weight is 1170 g/mol. The Kier molecular flexibility index (Phi) is 32.1. The lowest BCUT2D eigenvalue weighted by Crippen LogP contribution is -3.00. The molecule has 0 fully saturated rings. The predicted octanol–water partition coefficient (Wildman–Crippen LogP) is 4.99. The second-order valence-electron chi connectivity index (χ2n) is 19.9. The first-order valence-electron chi connectivity index (χ1n) is 26.1. The largest absolute Gasteiger partial charge is 1.00 e. The number of rotatable bonds is 22. The first-order chi connectivity index (χ1) is 38.6. The Labute approximate surface area is 490 Å². The smallest absolute Gasteiger partial charge is 0.408 e. The summed E-state index contributed by atoms with van der Waals surface area (Å²) in [6.45, 7) is 10.3. The van der Waals surface area contributed by atoms with E-state index in [2.05, 4.69) is 42.0 Å². The van der Waals surface area contributed by atoms with Crippen molar-refractivity contribution in [2.24, 2.45) is 0 Å². The van der Waals surface area contributed by atoms with Crippen LogP contribution in [0.3, 0.4) is 0 Å². The number of aliphatic hydroxyl groups is 1. The number of alkyl carbamates (subject to hydrolysis) is 1. The van der Waals surface area contributed by atoms with E-state index in [0.29, 0.717) is 36.0 Å². The zero-order chi connectivity index (χ0) is 59.6. The number of esters is 1. The van der Waals surface area contributed by atoms with Crippen LogP contribution in [0.2, 0.25) is 0 Å². The fraction of sp³-hybridized carbons (Fsp3) is 0.328. The summed E-state index contributed by atoms with van der Waals surface area (Å²) >= 11 is 5.12. The summed E-state index contributed by atoms with van der Waals surface area (Å²) in [6, 6.07) is 37.5. The van der Waals surface area contributed by atoms with Crippen molar-refractivity contribution < 1.29 is 71.1 Å². The van der Waals surface area contributed by atoms with Crippen molar-refractivity contribution in [1.82, 2.24) is 36.2 Å². The maximum absolute atomic E-state index is 12.4. The fourth-order valence-electron chi connectivity index (χ4n) is 7.16. The highest BCUT2D eigenvalue weighted by Crippen LogP contribution is 2.22. The van der Waals surface area contributed by atoms with Gasteiger partial charge in [0.1, 0.15) is 17.7 Å². The SMILES string of the molecule is CC(C)(C)OC(=O)CCC(=O)N[C@H](CCC(=O)c1cccnc1)c1ccccc1.CC(C)(C)OC(=O)NCC(=O)N[C@H](CO)c1ccccc1.O=C(Cl)c1cccnc1.[Cl-].[NH3+]CC(=O)N[C@H](CCC(=O)c1cccnc1)c1ccccc1. The molecular formula is C61H74Cl2N8O11. The van der Waals surface area contributed by atoms with Gasteiger partial charge in [0, 0.05) is 67.6 Å². The third-order valence-electron chi connectivity index (χ3n) is 11.0. The number of nitrogens with zero attached hydrogens (tertiary/aromatic N) is 3. The van der Waals surface area contributed by atoms with Crippen LogP contribution in [-0.2, 0) is 28.7 Å². The second-order valence-corrected chi connectivity index (χ2v) is 20.2. The number of carbonyl (C=O) groups excluding carboxylic acids is 8. The number of pyridine rings is 3. The van der Waals surface area contributed by atoms with E-state index in [9.17, 15) is 43.5 Å². The molecule has 3 atom stereocenters. The molecule has 6 rings (SSSR count). The molecule has 0 unspecified atom stereocenters. The minimum absolute atomic E-state index is 0. The molecule has 8 N–H and O–H groups in total. The summed E-state index contributed by atoms with van der Waals surface area (Å²) in [5, 5.41) is 19.7. The van der Waals surface area contributed by atoms with Gasteiger partial charge in [-0.3, -0.25) is 48.5 Å². The summed E-state index contributed by atoms with van der Waals surface area (Å²) in [4.78, 5) is 106. The second kappa shape index (κ2) is 37.7. The van der Waals surface area contributed by atoms with Gasteiger partial charge in [0.25, 0.3) is 11.1 Å². The number of carbonyl (C=O) groups is 8. The maximum Gasteiger partial charge on any atom is 0.408 e. The standard InChI is InChI=1S/C23H28N2O4.C17H19N3O2.C15H22N2O4.C6H4ClNO.ClH/c1-23(2,3)29-22(28)14-13-21(27)25-19(17-8-5-4-6-9-17)11-12-20(26)18-10-7-15-24-16-18;18-11-17(22)20-15(13-5-2-1-3-6-13)8-9-16(21)14-7-4-10-19-12-14;1-15(2,3)21-14(20)16-9-13(19)17-12(10-18)11-7-5-4-6-8-11;7-6(9)5-2-1-3-8-4-5;/h4-10,15-16,19H,11-14H2,1-3H3,(H,25,27);1-7,10,12,15H,8-9,11,18H2,(H,20,22);4-8,12,18H,9-10H2,1-3H3,(H,16,20)(H,17,19);1-4H;1H/t19-;15-;12-;;/m111../s1. The average Bonchev–Trinajstić information content (AvgIpc) is 3.46. The van der Waals surface area contributed by atoms with Crippen LogP contribution in [0, 0.1) is 0 Å². The third-order valence-corrected chi connectivity index (χ3v) is 11.2. The van der Waals surface area contributed by atoms with Crippen LogP contribution in [0.1, 0.15) is 146 Å². The van der Waals surface area contributed by atoms with E-state index in [4.69, 9.17) is 21.1 Å². The molecule has 3 aromatic carbocycles. The number of amides is 4. The Balaban J connectivity index is 0.000000392. The molecule has 438 valence electrons. The molecule has 4 amide bonds. The number of quaternary nitrogens is 1. The summed E-state index contributed by atoms with van der Waals surface area (Å²) < 4.78 is 10.3. The van der Waals surface area contributed by atoms with Gasteiger partial charge < -0.3 is 54.0 Å². The fourth-order valence-corrected chi connectivity index (χ4v) is 7.27. The van der Waals surface area contributed by atoms with Gasteiger partial charge >= 0.3 is 12.1 Å². The van der Waals surface area contributed by atoms with Crippen LogP contribution in [0.4, 0.5) is 4.79 Å². The molecule has 21 heteroatoms. The van der Waals surface area contributed by atoms with Gasteiger partial charge in [-0.15, -0.1) is 0 Å². The quantitative estimate of drug-likeness (QED) is 0.0297. The number of halogens is 2. The Morgan fingerprint density at radius 3 is 1.26 bits per heavy atom. The van der Waals surface area contributed by atoms with Crippen molar-refractivity contribution >= 4 is 58.2 Å². The van der Waals surface area contributed by atoms with Crippen molar-refractivity contribution in [2.45, 2.75) is 109 Å². The Morgan fingerprint density at radius 1 is 0.512 bits per heavy atom. The van der Waals surface area contributed by atoms with E-state index < -0.39 is 40.5 Å². The molecule has 0 aliphatic rings. The number of aliphatic hydroxyl groups excluding tert-OH is 1. The van der Waals surface area contributed by atoms with Crippen molar-refractivity contribution in [3.05, 3.63) is 198 Å². The van der Waals surface area contributed by atoms with Crippen molar-refractivity contribution in [2.75, 3.05) is 19.7 Å². The molecule has 0 saturated heterocycles. The number of nitrogens with one attached hydrogen (secondary N) is 4. The van der Waals surface area contributed by atoms with Crippen LogP contribution in [0.15, 0.2) is 165 Å². The summed E-state index contributed by atoms with van der Waals surface area (Å²) in [5.41, 5.74) is 6.67. The maximum atomic E-state index is 12.4. The van der Waals surface area contributed by atoms with Gasteiger partial charge in [0.05, 0.1) is 36.7 Å². The van der Waals surface area contributed by atoms with Crippen LogP contribution in [0.25, 0.3) is 0 Å². The minimum Gasteiger partial charge on any atom is -1.00 e. The van der Waals surface area contributed by atoms with Crippen molar-refractivity contribution in [3.63, 3.8) is 0 Å². The lowest BCUT2D eigenvalue weighted by Gasteiger charge is -2.21. The van der Waals surface area contributed by atoms with E-state index >= 15 is 0 Å². The third kappa shape index (κ3) is 29.8. The molecule has 3 heterocycles. The highest BCUT2D eigenvalue weighted by atomic mass is 35.5. The van der Waals surface area contributed by atoms with Crippen LogP contribution < -0.4 is 39.4 Å². The molecule has 0 aliphatic carbocycles. The molecule has 0 spiro atoms. The number of ether oxygens (including phenoxy) is 2. The number of aromatic nitrogens is 3. The van der Waals surface area contributed by atoms with Crippen LogP contribution in [-0.4, -0.2) is 97.5 Å². The molecule has 0 radical (unpaired) electrons. The Bertz CT molecular complexity index is 2870. The van der Waals surface area contributed by atoms with Gasteiger partial charge in [0.2, 0.25) is 11.8 Å². The van der Waals surface area contributed by atoms with Gasteiger partial charge in [-0.25, -0.2) is 4.79 Å². The topological polar surface area (TPSA) is 290 Å². The number of hydrogen-bond acceptors (Lipinski definition) is 14. The lowest BCUT2D eigenvalue weighted by molar-refractivity contribution is -0.355. The predicted molar refractivity (Wildman–Crippen MR) is 306 cm³/mol. The molecule has 6 aromatic rings. The molecule has 0 saturated carbocycles. The van der Waals surface area contributed by atoms with Crippen molar-refractivity contribution in [1.29, 1.82) is 0 Å². The highest BCUT2D eigenvalue weighted by Gasteiger charge is 2.22. The van der Waals surface area contributed by atoms with E-state index in [1.807, 2.05) is 91.0 Å². The number of benzene rings is 3. The van der Waals surface area contributed by atoms with Crippen LogP contribution in [0.5, 0.6) is 0 Å². The zero-order valence-corrected chi connectivity index (χ0v) is 48.5. The van der Waals surface area contributed by atoms with Gasteiger partial charge in [-0.2, -0.15) is 0 Å². The number of Topliss-reactive ketones (excluding diaryl/α,β-unsaturated/α-hetero) is 2. The van der Waals surface area contributed by atoms with Gasteiger partial charge in [0.15, 0.2) is 18.1 Å². The number of hydrogen-bond donors (Lipinski definition) is 6. The van der Waals surface area contributed by atoms with Crippen molar-refractivity contribution in [3.8, 4) is 0 Å². The van der Waals surface area contributed by atoms with Crippen LogP contribution >= 0.6 is 11.6 Å². The normalized spacial score (nSPS) is 11.6. The summed E-state index contributed by atoms with van der Waals surface area (Å²) in [7, 11) is 0. The van der Waals surface area contributed by atoms with E-state index in [1.54, 1.807) is 109 Å². The lowest BCUT2D eigenvalue weighted by atomic mass is 9.98. The van der Waals surface area contributed by atoms with E-state index in [1.165, 1.54) is 6.20 Å². The summed E-state index contributed by atoms with van der Waals surface area (Å²) in [5.74, 6) is -1.18. The molecule has 0 bridgehead atoms. The molecule has 82 heavy (non-hydrogen) atoms. The van der Waals surface area contributed by atoms with Gasteiger partial charge in [-0.05, 0) is 119 Å². The highest BCUT2D eigenvalue weighted by molar-refractivity contribution is 6.67. The first kappa shape index (κ1) is 69.9. The number of ketones is 2. The molecule has 3 aromatic heterocycles. The molecular weight excluding hydrogens is 1090 g/mol. The first-order valence-corrected chi connectivity index (χ1v) is 26.5. The van der Waals surface area contributed by atoms with Gasteiger partial charge in [-0.1, -0.05) is 91.0 Å². The van der Waals surface area contributed by atoms with E-state index in [0.717, 1.165) is 16.7 Å². The van der Waals surface area contributed by atoms with E-state index in [-0.39, 0.29) is 86.8 Å². The molecule has 19 nitrogen and oxygen atoms in total. The molecule has 0 aliphatic heterocycles. The summed E-state index contributed by atoms with van der Waals surface area (Å²) in [6.07, 6.45) is 10.4. The zero-order valence-electron chi connectivity index (χ0n) is 47.0. The Morgan fingerprint density at radius 2 is 0.902 bits per heavy atom. The minimum atomic E-state index is -0.655. The monoisotopic (exact) mass is 1160 g/mol.